The van der Waals surface area contributed by atoms with Gasteiger partial charge in [0.1, 0.15) is 0 Å². The molecule has 0 bridgehead atoms. The first-order chi connectivity index (χ1) is 10.9. The quantitative estimate of drug-likeness (QED) is 0.677. The van der Waals surface area contributed by atoms with E-state index in [0.29, 0.717) is 12.4 Å². The van der Waals surface area contributed by atoms with Crippen molar-refractivity contribution < 1.29 is 14.3 Å². The highest BCUT2D eigenvalue weighted by Crippen LogP contribution is 2.15. The molecule has 0 spiro atoms. The van der Waals surface area contributed by atoms with E-state index in [2.05, 4.69) is 20.9 Å². The van der Waals surface area contributed by atoms with Crippen LogP contribution in [0.2, 0.25) is 0 Å². The Morgan fingerprint density at radius 2 is 1.96 bits per heavy atom. The van der Waals surface area contributed by atoms with Crippen LogP contribution in [0.3, 0.4) is 0 Å². The molecule has 3 N–H and O–H groups in total. The summed E-state index contributed by atoms with van der Waals surface area (Å²) in [6.45, 7) is 8.21. The Morgan fingerprint density at radius 1 is 1.22 bits per heavy atom. The number of aromatic nitrogens is 1. The van der Waals surface area contributed by atoms with E-state index in [1.165, 1.54) is 0 Å². The molecule has 0 unspecified atom stereocenters. The summed E-state index contributed by atoms with van der Waals surface area (Å²) in [4.78, 5) is 27.4. The van der Waals surface area contributed by atoms with Crippen molar-refractivity contribution in [2.24, 2.45) is 0 Å². The van der Waals surface area contributed by atoms with Crippen LogP contribution in [0.15, 0.2) is 18.3 Å². The van der Waals surface area contributed by atoms with E-state index in [-0.39, 0.29) is 37.0 Å². The monoisotopic (exact) mass is 322 g/mol. The molecule has 1 heterocycles. The minimum Gasteiger partial charge on any atom is -0.475 e. The van der Waals surface area contributed by atoms with Crippen molar-refractivity contribution in [3.05, 3.63) is 23.9 Å². The van der Waals surface area contributed by atoms with E-state index in [0.717, 1.165) is 5.56 Å². The van der Waals surface area contributed by atoms with Crippen molar-refractivity contribution in [3.8, 4) is 5.88 Å². The van der Waals surface area contributed by atoms with Crippen LogP contribution in [-0.2, 0) is 11.3 Å². The Hall–Kier alpha value is -2.31. The largest absolute Gasteiger partial charge is 0.475 e. The number of nitrogens with one attached hydrogen (secondary N) is 3. The van der Waals surface area contributed by atoms with Crippen molar-refractivity contribution in [1.82, 2.24) is 20.9 Å². The summed E-state index contributed by atoms with van der Waals surface area (Å²) in [5, 5.41) is 8.14. The summed E-state index contributed by atoms with van der Waals surface area (Å²) in [7, 11) is 0. The van der Waals surface area contributed by atoms with Crippen molar-refractivity contribution in [2.75, 3.05) is 6.54 Å². The van der Waals surface area contributed by atoms with Crippen LogP contribution in [0.5, 0.6) is 5.88 Å². The maximum Gasteiger partial charge on any atom is 0.315 e. The third-order valence-electron chi connectivity index (χ3n) is 2.72. The van der Waals surface area contributed by atoms with Gasteiger partial charge in [0.2, 0.25) is 11.8 Å². The van der Waals surface area contributed by atoms with Crippen LogP contribution in [0.1, 0.15) is 39.7 Å². The van der Waals surface area contributed by atoms with Crippen molar-refractivity contribution in [2.45, 2.75) is 52.8 Å². The second kappa shape index (κ2) is 9.66. The van der Waals surface area contributed by atoms with E-state index in [9.17, 15) is 9.59 Å². The first-order valence-electron chi connectivity index (χ1n) is 7.80. The highest BCUT2D eigenvalue weighted by atomic mass is 16.5. The molecule has 0 atom stereocenters. The minimum absolute atomic E-state index is 0.0111. The Bertz CT molecular complexity index is 518. The summed E-state index contributed by atoms with van der Waals surface area (Å²) in [5.41, 5.74) is 0.800. The highest BCUT2D eigenvalue weighted by Gasteiger charge is 2.09. The van der Waals surface area contributed by atoms with Gasteiger partial charge < -0.3 is 20.7 Å². The molecular weight excluding hydrogens is 296 g/mol. The maximum absolute atomic E-state index is 11.7. The number of carbonyl (C=O) groups excluding carboxylic acids is 2. The van der Waals surface area contributed by atoms with E-state index < -0.39 is 0 Å². The van der Waals surface area contributed by atoms with E-state index >= 15 is 0 Å². The lowest BCUT2D eigenvalue weighted by atomic mass is 10.2. The van der Waals surface area contributed by atoms with E-state index in [1.807, 2.05) is 33.8 Å². The average Bonchev–Trinajstić information content (AvgIpc) is 2.45. The lowest BCUT2D eigenvalue weighted by Crippen LogP contribution is -2.38. The molecule has 128 valence electrons. The predicted octanol–water partition coefficient (Wildman–Crippen LogP) is 1.58. The molecule has 0 aromatic carbocycles. The van der Waals surface area contributed by atoms with Crippen LogP contribution in [0.4, 0.5) is 4.79 Å². The van der Waals surface area contributed by atoms with Gasteiger partial charge in [0.15, 0.2) is 0 Å². The molecule has 0 radical (unpaired) electrons. The van der Waals surface area contributed by atoms with E-state index in [4.69, 9.17) is 4.74 Å². The number of amides is 3. The molecule has 0 fully saturated rings. The third-order valence-corrected chi connectivity index (χ3v) is 2.72. The fraction of sp³-hybridized carbons (Fsp3) is 0.562. The fourth-order valence-electron chi connectivity index (χ4n) is 1.81. The Labute approximate surface area is 137 Å². The number of urea groups is 1. The molecule has 23 heavy (non-hydrogen) atoms. The summed E-state index contributed by atoms with van der Waals surface area (Å²) in [6, 6.07) is 3.40. The normalized spacial score (nSPS) is 10.5. The number of ether oxygens (including phenoxy) is 1. The van der Waals surface area contributed by atoms with Crippen LogP contribution < -0.4 is 20.7 Å². The van der Waals surface area contributed by atoms with Crippen LogP contribution >= 0.6 is 0 Å². The van der Waals surface area contributed by atoms with Gasteiger partial charge in [-0.2, -0.15) is 0 Å². The van der Waals surface area contributed by atoms with Crippen LogP contribution in [-0.4, -0.2) is 35.6 Å². The van der Waals surface area contributed by atoms with Gasteiger partial charge in [-0.1, -0.05) is 6.07 Å². The molecular formula is C16H26N4O3. The van der Waals surface area contributed by atoms with Crippen molar-refractivity contribution in [1.29, 1.82) is 0 Å². The Morgan fingerprint density at radius 3 is 2.61 bits per heavy atom. The van der Waals surface area contributed by atoms with Gasteiger partial charge in [0.25, 0.3) is 0 Å². The van der Waals surface area contributed by atoms with Gasteiger partial charge in [0.05, 0.1) is 6.10 Å². The molecule has 0 saturated heterocycles. The molecule has 0 aliphatic heterocycles. The molecule has 7 heteroatoms. The van der Waals surface area contributed by atoms with Crippen molar-refractivity contribution in [3.63, 3.8) is 0 Å². The molecule has 3 amide bonds. The Balaban J connectivity index is 2.35. The smallest absolute Gasteiger partial charge is 0.315 e. The summed E-state index contributed by atoms with van der Waals surface area (Å²) in [6.07, 6.45) is 1.91. The summed E-state index contributed by atoms with van der Waals surface area (Å²) in [5.74, 6) is 0.430. The number of carbonyl (C=O) groups is 2. The highest BCUT2D eigenvalue weighted by molar-refractivity contribution is 5.78. The first kappa shape index (κ1) is 18.7. The standard InChI is InChI=1S/C16H26N4O3/c1-11(2)20-14(21)7-9-18-16(22)19-10-13-6-5-8-17-15(13)23-12(3)4/h5-6,8,11-12H,7,9-10H2,1-4H3,(H,20,21)(H2,18,19,22). The van der Waals surface area contributed by atoms with E-state index in [1.54, 1.807) is 12.3 Å². The molecule has 0 aliphatic carbocycles. The van der Waals surface area contributed by atoms with Gasteiger partial charge >= 0.3 is 6.03 Å². The van der Waals surface area contributed by atoms with Gasteiger partial charge in [0, 0.05) is 37.3 Å². The average molecular weight is 322 g/mol. The molecule has 0 saturated carbocycles. The number of hydrogen-bond donors (Lipinski definition) is 3. The molecule has 1 aromatic rings. The predicted molar refractivity (Wildman–Crippen MR) is 88.1 cm³/mol. The lowest BCUT2D eigenvalue weighted by molar-refractivity contribution is -0.121. The Kier molecular flexibility index (Phi) is 7.87. The number of nitrogens with zero attached hydrogens (tertiary/aromatic N) is 1. The summed E-state index contributed by atoms with van der Waals surface area (Å²) < 4.78 is 5.59. The molecule has 1 aromatic heterocycles. The van der Waals surface area contributed by atoms with Crippen LogP contribution in [0.25, 0.3) is 0 Å². The second-order valence-corrected chi connectivity index (χ2v) is 5.72. The zero-order chi connectivity index (χ0) is 17.2. The van der Waals surface area contributed by atoms with Gasteiger partial charge in [-0.3, -0.25) is 4.79 Å². The number of hydrogen-bond acceptors (Lipinski definition) is 4. The molecule has 0 aliphatic rings. The minimum atomic E-state index is -0.332. The maximum atomic E-state index is 11.7. The third kappa shape index (κ3) is 8.04. The van der Waals surface area contributed by atoms with Gasteiger partial charge in [-0.15, -0.1) is 0 Å². The van der Waals surface area contributed by atoms with Gasteiger partial charge in [-0.25, -0.2) is 9.78 Å². The van der Waals surface area contributed by atoms with Gasteiger partial charge in [-0.05, 0) is 33.8 Å². The lowest BCUT2D eigenvalue weighted by Gasteiger charge is -2.13. The topological polar surface area (TPSA) is 92.4 Å². The summed E-state index contributed by atoms with van der Waals surface area (Å²) >= 11 is 0. The molecule has 7 nitrogen and oxygen atoms in total. The first-order valence-corrected chi connectivity index (χ1v) is 7.80. The zero-order valence-electron chi connectivity index (χ0n) is 14.2. The second-order valence-electron chi connectivity index (χ2n) is 5.72. The number of rotatable bonds is 8. The fourth-order valence-corrected chi connectivity index (χ4v) is 1.81. The number of pyridine rings is 1. The van der Waals surface area contributed by atoms with Crippen molar-refractivity contribution >= 4 is 11.9 Å². The SMILES string of the molecule is CC(C)NC(=O)CCNC(=O)NCc1cccnc1OC(C)C. The zero-order valence-corrected chi connectivity index (χ0v) is 14.2. The molecule has 1 rings (SSSR count). The van der Waals surface area contributed by atoms with Crippen LogP contribution in [0, 0.1) is 0 Å².